The normalized spacial score (nSPS) is 10.3. The molecule has 7 nitrogen and oxygen atoms in total. The molecule has 0 radical (unpaired) electrons. The summed E-state index contributed by atoms with van der Waals surface area (Å²) in [6.07, 6.45) is 0. The molecular formula is C18H20N2O5S. The third kappa shape index (κ3) is 3.91. The highest BCUT2D eigenvalue weighted by molar-refractivity contribution is 7.16. The maximum Gasteiger partial charge on any atom is 0.341 e. The molecule has 8 heteroatoms. The van der Waals surface area contributed by atoms with E-state index in [1.807, 2.05) is 6.92 Å². The van der Waals surface area contributed by atoms with Crippen LogP contribution in [-0.2, 0) is 9.47 Å². The summed E-state index contributed by atoms with van der Waals surface area (Å²) in [4.78, 5) is 41.4. The topological polar surface area (TPSA) is 94.6 Å². The van der Waals surface area contributed by atoms with Crippen LogP contribution in [-0.4, -0.2) is 36.5 Å². The highest BCUT2D eigenvalue weighted by atomic mass is 32.1. The van der Waals surface area contributed by atoms with Crippen molar-refractivity contribution < 1.29 is 23.9 Å². The number of hydrogen-bond acceptors (Lipinski definition) is 7. The van der Waals surface area contributed by atoms with Crippen LogP contribution in [0.4, 0.5) is 5.00 Å². The molecule has 0 aromatic carbocycles. The minimum absolute atomic E-state index is 0.134. The average molecular weight is 376 g/mol. The zero-order valence-electron chi connectivity index (χ0n) is 15.3. The van der Waals surface area contributed by atoms with Crippen LogP contribution in [0.1, 0.15) is 54.3 Å². The summed E-state index contributed by atoms with van der Waals surface area (Å²) >= 11 is 1.29. The molecule has 0 aliphatic rings. The number of hydrogen-bond donors (Lipinski definition) is 1. The van der Waals surface area contributed by atoms with Gasteiger partial charge in [-0.05, 0) is 45.4 Å². The lowest BCUT2D eigenvalue weighted by atomic mass is 10.1. The third-order valence-corrected chi connectivity index (χ3v) is 4.94. The number of rotatable bonds is 5. The first-order valence-electron chi connectivity index (χ1n) is 7.94. The molecule has 0 fully saturated rings. The molecule has 2 aromatic rings. The monoisotopic (exact) mass is 376 g/mol. The van der Waals surface area contributed by atoms with Gasteiger partial charge in [-0.2, -0.15) is 0 Å². The van der Waals surface area contributed by atoms with Gasteiger partial charge < -0.3 is 14.8 Å². The van der Waals surface area contributed by atoms with Gasteiger partial charge in [-0.1, -0.05) is 0 Å². The summed E-state index contributed by atoms with van der Waals surface area (Å²) in [6, 6.07) is 2.95. The number of carbonyl (C=O) groups excluding carboxylic acids is 3. The van der Waals surface area contributed by atoms with Crippen LogP contribution >= 0.6 is 11.3 Å². The summed E-state index contributed by atoms with van der Waals surface area (Å²) in [6.45, 7) is 7.26. The average Bonchev–Trinajstić information content (AvgIpc) is 2.88. The van der Waals surface area contributed by atoms with Crippen molar-refractivity contribution in [3.8, 4) is 0 Å². The highest BCUT2D eigenvalue weighted by Gasteiger charge is 2.23. The van der Waals surface area contributed by atoms with Crippen LogP contribution in [0.25, 0.3) is 0 Å². The van der Waals surface area contributed by atoms with E-state index in [1.165, 1.54) is 30.6 Å². The molecular weight excluding hydrogens is 356 g/mol. The number of thiophene rings is 1. The first-order valence-corrected chi connectivity index (χ1v) is 8.76. The first-order chi connectivity index (χ1) is 12.3. The minimum Gasteiger partial charge on any atom is -0.465 e. The smallest absolute Gasteiger partial charge is 0.341 e. The predicted molar refractivity (Wildman–Crippen MR) is 98.0 cm³/mol. The van der Waals surface area contributed by atoms with E-state index in [2.05, 4.69) is 10.3 Å². The minimum atomic E-state index is -0.510. The van der Waals surface area contributed by atoms with E-state index in [0.717, 1.165) is 10.4 Å². The van der Waals surface area contributed by atoms with E-state index in [-0.39, 0.29) is 12.3 Å². The number of pyridine rings is 1. The number of carbonyl (C=O) groups is 3. The predicted octanol–water partition coefficient (Wildman–Crippen LogP) is 3.28. The second-order valence-corrected chi connectivity index (χ2v) is 6.71. The molecule has 26 heavy (non-hydrogen) atoms. The number of nitrogens with one attached hydrogen (secondary N) is 1. The van der Waals surface area contributed by atoms with Crippen LogP contribution in [0, 0.1) is 20.8 Å². The van der Waals surface area contributed by atoms with Crippen molar-refractivity contribution in [1.29, 1.82) is 0 Å². The Kier molecular flexibility index (Phi) is 6.10. The SMILES string of the molecule is CCOC(=O)c1ccc(C(=O)Nc2sc(C)c(C)c2C(=O)OC)nc1C. The van der Waals surface area contributed by atoms with Gasteiger partial charge in [0.2, 0.25) is 0 Å². The Morgan fingerprint density at radius 2 is 1.85 bits per heavy atom. The first kappa shape index (κ1) is 19.6. The van der Waals surface area contributed by atoms with Crippen molar-refractivity contribution in [2.75, 3.05) is 19.0 Å². The maximum atomic E-state index is 12.5. The molecule has 0 atom stereocenters. The van der Waals surface area contributed by atoms with Gasteiger partial charge in [0.05, 0.1) is 30.5 Å². The molecule has 0 saturated carbocycles. The summed E-state index contributed by atoms with van der Waals surface area (Å²) < 4.78 is 9.74. The number of aryl methyl sites for hydroxylation is 2. The van der Waals surface area contributed by atoms with E-state index >= 15 is 0 Å². The molecule has 0 spiro atoms. The van der Waals surface area contributed by atoms with Gasteiger partial charge in [-0.15, -0.1) is 11.3 Å². The summed E-state index contributed by atoms with van der Waals surface area (Å²) in [5, 5.41) is 3.11. The van der Waals surface area contributed by atoms with E-state index in [1.54, 1.807) is 20.8 Å². The number of esters is 2. The van der Waals surface area contributed by atoms with Crippen molar-refractivity contribution in [3.05, 3.63) is 45.1 Å². The zero-order valence-corrected chi connectivity index (χ0v) is 16.1. The van der Waals surface area contributed by atoms with Gasteiger partial charge in [0.15, 0.2) is 0 Å². The van der Waals surface area contributed by atoms with Gasteiger partial charge in [0, 0.05) is 4.88 Å². The van der Waals surface area contributed by atoms with Crippen LogP contribution < -0.4 is 5.32 Å². The number of amides is 1. The second-order valence-electron chi connectivity index (χ2n) is 5.48. The summed E-state index contributed by atoms with van der Waals surface area (Å²) in [5.74, 6) is -1.47. The van der Waals surface area contributed by atoms with Crippen LogP contribution in [0.2, 0.25) is 0 Å². The lowest BCUT2D eigenvalue weighted by molar-refractivity contribution is 0.0523. The number of aromatic nitrogens is 1. The van der Waals surface area contributed by atoms with Crippen molar-refractivity contribution in [1.82, 2.24) is 4.98 Å². The van der Waals surface area contributed by atoms with Crippen LogP contribution in [0.15, 0.2) is 12.1 Å². The van der Waals surface area contributed by atoms with E-state index in [0.29, 0.717) is 21.8 Å². The molecule has 0 aliphatic carbocycles. The van der Waals surface area contributed by atoms with Gasteiger partial charge in [0.1, 0.15) is 10.7 Å². The standard InChI is InChI=1S/C18H20N2O5S/c1-6-25-17(22)12-7-8-13(19-10(12)3)15(21)20-16-14(18(23)24-5)9(2)11(4)26-16/h7-8H,6H2,1-5H3,(H,20,21). The number of nitrogens with zero attached hydrogens (tertiary/aromatic N) is 1. The Hall–Kier alpha value is -2.74. The second kappa shape index (κ2) is 8.09. The molecule has 2 rings (SSSR count). The Morgan fingerprint density at radius 1 is 1.15 bits per heavy atom. The fourth-order valence-electron chi connectivity index (χ4n) is 2.34. The molecule has 138 valence electrons. The molecule has 0 aliphatic heterocycles. The Morgan fingerprint density at radius 3 is 2.42 bits per heavy atom. The third-order valence-electron chi connectivity index (χ3n) is 3.82. The Balaban J connectivity index is 2.29. The Bertz CT molecular complexity index is 873. The molecule has 0 saturated heterocycles. The van der Waals surface area contributed by atoms with Crippen molar-refractivity contribution in [2.24, 2.45) is 0 Å². The van der Waals surface area contributed by atoms with Crippen molar-refractivity contribution >= 4 is 34.2 Å². The van der Waals surface area contributed by atoms with Crippen molar-refractivity contribution in [2.45, 2.75) is 27.7 Å². The Labute approximate surface area is 155 Å². The molecule has 1 N–H and O–H groups in total. The molecule has 0 bridgehead atoms. The lowest BCUT2D eigenvalue weighted by Crippen LogP contribution is -2.17. The molecule has 2 heterocycles. The van der Waals surface area contributed by atoms with E-state index in [9.17, 15) is 14.4 Å². The summed E-state index contributed by atoms with van der Waals surface area (Å²) in [7, 11) is 1.29. The molecule has 1 amide bonds. The molecule has 0 unspecified atom stereocenters. The summed E-state index contributed by atoms with van der Waals surface area (Å²) in [5.41, 5.74) is 1.93. The van der Waals surface area contributed by atoms with E-state index < -0.39 is 17.8 Å². The van der Waals surface area contributed by atoms with Gasteiger partial charge >= 0.3 is 11.9 Å². The highest BCUT2D eigenvalue weighted by Crippen LogP contribution is 2.33. The van der Waals surface area contributed by atoms with Crippen LogP contribution in [0.5, 0.6) is 0 Å². The molecule has 2 aromatic heterocycles. The van der Waals surface area contributed by atoms with Gasteiger partial charge in [-0.25, -0.2) is 14.6 Å². The zero-order chi connectivity index (χ0) is 19.4. The van der Waals surface area contributed by atoms with Gasteiger partial charge in [-0.3, -0.25) is 4.79 Å². The number of anilines is 1. The fourth-order valence-corrected chi connectivity index (χ4v) is 3.39. The largest absolute Gasteiger partial charge is 0.465 e. The lowest BCUT2D eigenvalue weighted by Gasteiger charge is -2.08. The van der Waals surface area contributed by atoms with Gasteiger partial charge in [0.25, 0.3) is 5.91 Å². The number of methoxy groups -OCH3 is 1. The van der Waals surface area contributed by atoms with E-state index in [4.69, 9.17) is 9.47 Å². The fraction of sp³-hybridized carbons (Fsp3) is 0.333. The van der Waals surface area contributed by atoms with Crippen LogP contribution in [0.3, 0.4) is 0 Å². The number of ether oxygens (including phenoxy) is 2. The maximum absolute atomic E-state index is 12.5. The quantitative estimate of drug-likeness (QED) is 0.805. The van der Waals surface area contributed by atoms with Crippen molar-refractivity contribution in [3.63, 3.8) is 0 Å².